The minimum Gasteiger partial charge on any atom is -0.341 e. The third kappa shape index (κ3) is 5.48. The quantitative estimate of drug-likeness (QED) is 0.549. The van der Waals surface area contributed by atoms with Crippen LogP contribution in [0.15, 0.2) is 41.3 Å². The summed E-state index contributed by atoms with van der Waals surface area (Å²) in [5.41, 5.74) is 0. The Bertz CT molecular complexity index is 1360. The molecule has 36 heavy (non-hydrogen) atoms. The third-order valence-electron chi connectivity index (χ3n) is 6.65. The van der Waals surface area contributed by atoms with Crippen molar-refractivity contribution in [3.8, 4) is 12.3 Å². The number of terminal acetylenes is 1. The second-order valence-corrected chi connectivity index (χ2v) is 11.2. The molecule has 0 bridgehead atoms. The summed E-state index contributed by atoms with van der Waals surface area (Å²) in [6.07, 6.45) is 6.77. The van der Waals surface area contributed by atoms with E-state index in [1.54, 1.807) is 36.1 Å². The molecule has 1 unspecified atom stereocenters. The van der Waals surface area contributed by atoms with Crippen molar-refractivity contribution >= 4 is 50.1 Å². The van der Waals surface area contributed by atoms with Crippen LogP contribution < -0.4 is 10.0 Å². The van der Waals surface area contributed by atoms with Crippen LogP contribution in [-0.4, -0.2) is 73.7 Å². The first-order valence-corrected chi connectivity index (χ1v) is 13.5. The Morgan fingerprint density at radius 1 is 1.14 bits per heavy atom. The van der Waals surface area contributed by atoms with E-state index in [2.05, 4.69) is 10.0 Å². The maximum Gasteiger partial charge on any atom is 0.295 e. The summed E-state index contributed by atoms with van der Waals surface area (Å²) in [5, 5.41) is 4.76. The summed E-state index contributed by atoms with van der Waals surface area (Å²) in [7, 11) is -3.97. The zero-order valence-electron chi connectivity index (χ0n) is 19.7. The van der Waals surface area contributed by atoms with Crippen LogP contribution in [0.5, 0.6) is 0 Å². The molecule has 3 amide bonds. The Morgan fingerprint density at radius 2 is 1.86 bits per heavy atom. The first-order valence-electron chi connectivity index (χ1n) is 11.7. The minimum absolute atomic E-state index is 0.0427. The van der Waals surface area contributed by atoms with Gasteiger partial charge in [-0.1, -0.05) is 23.7 Å². The van der Waals surface area contributed by atoms with E-state index < -0.39 is 33.9 Å². The molecule has 2 aromatic carbocycles. The van der Waals surface area contributed by atoms with Crippen molar-refractivity contribution in [3.05, 3.63) is 41.4 Å². The summed E-state index contributed by atoms with van der Waals surface area (Å²) in [5.74, 6) is 0.789. The molecular weight excluding hydrogens is 504 g/mol. The fraction of sp³-hybridized carbons (Fsp3) is 0.400. The Hall–Kier alpha value is -3.13. The molecule has 9 nitrogen and oxygen atoms in total. The Morgan fingerprint density at radius 3 is 2.61 bits per heavy atom. The number of carbonyl (C=O) groups excluding carboxylic acids is 3. The maximum absolute atomic E-state index is 13.1. The number of hydrogen-bond acceptors (Lipinski definition) is 5. The van der Waals surface area contributed by atoms with Gasteiger partial charge in [0.05, 0.1) is 4.90 Å². The molecule has 3 atom stereocenters. The molecule has 2 N–H and O–H groups in total. The predicted molar refractivity (Wildman–Crippen MR) is 135 cm³/mol. The lowest BCUT2D eigenvalue weighted by atomic mass is 10.0. The standard InChI is InChI=1S/C25H27ClN4O5S/c1-3-23(31)27-20-5-4-11-29(15-20)24(32)16(2)30-12-10-22(25(30)33)28-36(34,35)21-9-7-17-13-19(26)8-6-18(17)14-21/h1,6-9,13-14,16,20,22,28H,4-5,10-12,15H2,2H3,(H,27,31)/t16-,20?,22-/m0/s1. The lowest BCUT2D eigenvalue weighted by molar-refractivity contribution is -0.144. The van der Waals surface area contributed by atoms with Gasteiger partial charge in [0.1, 0.15) is 12.1 Å². The Balaban J connectivity index is 1.41. The van der Waals surface area contributed by atoms with Crippen LogP contribution in [0.25, 0.3) is 10.8 Å². The number of benzene rings is 2. The molecule has 2 fully saturated rings. The smallest absolute Gasteiger partial charge is 0.295 e. The lowest BCUT2D eigenvalue weighted by Gasteiger charge is -2.36. The van der Waals surface area contributed by atoms with E-state index in [1.165, 1.54) is 17.0 Å². The van der Waals surface area contributed by atoms with E-state index in [-0.39, 0.29) is 29.8 Å². The summed E-state index contributed by atoms with van der Waals surface area (Å²) >= 11 is 6.00. The van der Waals surface area contributed by atoms with Crippen molar-refractivity contribution in [2.45, 2.75) is 49.2 Å². The molecule has 2 saturated heterocycles. The van der Waals surface area contributed by atoms with Gasteiger partial charge in [0.25, 0.3) is 5.91 Å². The summed E-state index contributed by atoms with van der Waals surface area (Å²) in [4.78, 5) is 40.8. The Kier molecular flexibility index (Phi) is 7.54. The molecule has 2 aromatic rings. The van der Waals surface area contributed by atoms with Gasteiger partial charge in [-0.05, 0) is 67.1 Å². The third-order valence-corrected chi connectivity index (χ3v) is 8.35. The summed E-state index contributed by atoms with van der Waals surface area (Å²) in [6, 6.07) is 7.84. The number of likely N-dealkylation sites (tertiary alicyclic amines) is 2. The molecule has 0 spiro atoms. The van der Waals surface area contributed by atoms with E-state index in [1.807, 2.05) is 5.92 Å². The van der Waals surface area contributed by atoms with Crippen LogP contribution >= 0.6 is 11.6 Å². The highest BCUT2D eigenvalue weighted by atomic mass is 35.5. The second-order valence-electron chi connectivity index (χ2n) is 9.06. The highest BCUT2D eigenvalue weighted by Crippen LogP contribution is 2.24. The van der Waals surface area contributed by atoms with Crippen LogP contribution in [-0.2, 0) is 24.4 Å². The molecule has 0 aliphatic carbocycles. The molecule has 2 aliphatic rings. The molecule has 2 heterocycles. The number of hydrogen-bond donors (Lipinski definition) is 2. The normalized spacial score (nSPS) is 21.3. The van der Waals surface area contributed by atoms with Crippen LogP contribution in [0.2, 0.25) is 5.02 Å². The average molecular weight is 531 g/mol. The van der Waals surface area contributed by atoms with E-state index in [4.69, 9.17) is 18.0 Å². The fourth-order valence-corrected chi connectivity index (χ4v) is 6.17. The number of carbonyl (C=O) groups is 3. The van der Waals surface area contributed by atoms with Gasteiger partial charge in [0.15, 0.2) is 0 Å². The molecule has 0 aromatic heterocycles. The number of amides is 3. The number of nitrogens with one attached hydrogen (secondary N) is 2. The van der Waals surface area contributed by atoms with Crippen LogP contribution in [0.1, 0.15) is 26.2 Å². The predicted octanol–water partition coefficient (Wildman–Crippen LogP) is 1.50. The van der Waals surface area contributed by atoms with Gasteiger partial charge in [0, 0.05) is 30.7 Å². The van der Waals surface area contributed by atoms with Gasteiger partial charge in [-0.25, -0.2) is 8.42 Å². The molecule has 11 heteroatoms. The monoisotopic (exact) mass is 530 g/mol. The number of rotatable bonds is 6. The van der Waals surface area contributed by atoms with Crippen LogP contribution in [0.3, 0.4) is 0 Å². The van der Waals surface area contributed by atoms with E-state index in [9.17, 15) is 22.8 Å². The summed E-state index contributed by atoms with van der Waals surface area (Å²) < 4.78 is 28.5. The van der Waals surface area contributed by atoms with Crippen molar-refractivity contribution < 1.29 is 22.8 Å². The van der Waals surface area contributed by atoms with Gasteiger partial charge < -0.3 is 15.1 Å². The van der Waals surface area contributed by atoms with Gasteiger partial charge in [0.2, 0.25) is 21.8 Å². The van der Waals surface area contributed by atoms with Gasteiger partial charge in [-0.15, -0.1) is 6.42 Å². The highest BCUT2D eigenvalue weighted by molar-refractivity contribution is 7.89. The van der Waals surface area contributed by atoms with Crippen molar-refractivity contribution in [1.29, 1.82) is 0 Å². The maximum atomic E-state index is 13.1. The van der Waals surface area contributed by atoms with Crippen molar-refractivity contribution in [2.75, 3.05) is 19.6 Å². The van der Waals surface area contributed by atoms with Crippen LogP contribution in [0.4, 0.5) is 0 Å². The number of piperidine rings is 1. The number of halogens is 1. The van der Waals surface area contributed by atoms with Crippen molar-refractivity contribution in [2.24, 2.45) is 0 Å². The van der Waals surface area contributed by atoms with Gasteiger partial charge in [-0.3, -0.25) is 14.4 Å². The second kappa shape index (κ2) is 10.5. The molecule has 0 saturated carbocycles. The Labute approximate surface area is 215 Å². The first kappa shape index (κ1) is 25.9. The highest BCUT2D eigenvalue weighted by Gasteiger charge is 2.40. The molecular formula is C25H27ClN4O5S. The van der Waals surface area contributed by atoms with Gasteiger partial charge in [-0.2, -0.15) is 4.72 Å². The average Bonchev–Trinajstić information content (AvgIpc) is 3.21. The zero-order chi connectivity index (χ0) is 26.0. The summed E-state index contributed by atoms with van der Waals surface area (Å²) in [6.45, 7) is 2.70. The number of sulfonamides is 1. The molecule has 2 aliphatic heterocycles. The van der Waals surface area contributed by atoms with E-state index in [0.717, 1.165) is 5.39 Å². The number of fused-ring (bicyclic) bond motifs is 1. The molecule has 4 rings (SSSR count). The minimum atomic E-state index is -3.97. The fourth-order valence-electron chi connectivity index (χ4n) is 4.73. The van der Waals surface area contributed by atoms with E-state index in [0.29, 0.717) is 36.3 Å². The van der Waals surface area contributed by atoms with Crippen molar-refractivity contribution in [3.63, 3.8) is 0 Å². The first-order chi connectivity index (χ1) is 17.1. The van der Waals surface area contributed by atoms with Crippen molar-refractivity contribution in [1.82, 2.24) is 19.8 Å². The molecule has 0 radical (unpaired) electrons. The van der Waals surface area contributed by atoms with Crippen LogP contribution in [0, 0.1) is 12.3 Å². The number of nitrogens with zero attached hydrogens (tertiary/aromatic N) is 2. The molecule has 190 valence electrons. The van der Waals surface area contributed by atoms with E-state index >= 15 is 0 Å². The lowest BCUT2D eigenvalue weighted by Crippen LogP contribution is -2.55. The van der Waals surface area contributed by atoms with Gasteiger partial charge >= 0.3 is 0 Å². The largest absolute Gasteiger partial charge is 0.341 e. The SMILES string of the molecule is C#CC(=O)NC1CCCN(C(=O)[C@H](C)N2CC[C@H](NS(=O)(=O)c3ccc4cc(Cl)ccc4c3)C2=O)C1. The topological polar surface area (TPSA) is 116 Å². The zero-order valence-corrected chi connectivity index (χ0v) is 21.3.